The van der Waals surface area contributed by atoms with E-state index in [1.165, 1.54) is 12.0 Å². The van der Waals surface area contributed by atoms with Crippen molar-refractivity contribution in [3.8, 4) is 0 Å². The molecule has 4 rings (SSSR count). The predicted octanol–water partition coefficient (Wildman–Crippen LogP) is 1.77. The molecule has 0 spiro atoms. The first-order chi connectivity index (χ1) is 9.29. The van der Waals surface area contributed by atoms with E-state index in [-0.39, 0.29) is 6.10 Å². The van der Waals surface area contributed by atoms with Gasteiger partial charge in [0.25, 0.3) is 0 Å². The first-order valence-corrected chi connectivity index (χ1v) is 7.12. The Balaban J connectivity index is 1.49. The summed E-state index contributed by atoms with van der Waals surface area (Å²) < 4.78 is 0. The third-order valence-corrected chi connectivity index (χ3v) is 4.81. The Morgan fingerprint density at radius 1 is 1.32 bits per heavy atom. The Kier molecular flexibility index (Phi) is 2.60. The van der Waals surface area contributed by atoms with Gasteiger partial charge in [-0.3, -0.25) is 10.00 Å². The van der Waals surface area contributed by atoms with Crippen molar-refractivity contribution in [3.63, 3.8) is 0 Å². The molecule has 1 aromatic carbocycles. The van der Waals surface area contributed by atoms with E-state index in [0.29, 0.717) is 11.8 Å². The summed E-state index contributed by atoms with van der Waals surface area (Å²) in [6, 6.07) is 6.50. The lowest BCUT2D eigenvalue weighted by molar-refractivity contribution is 0.123. The molecule has 1 saturated carbocycles. The van der Waals surface area contributed by atoms with Crippen molar-refractivity contribution in [1.29, 1.82) is 0 Å². The molecule has 1 aliphatic carbocycles. The van der Waals surface area contributed by atoms with E-state index >= 15 is 0 Å². The molecule has 1 aliphatic heterocycles. The van der Waals surface area contributed by atoms with Crippen LogP contribution in [-0.2, 0) is 6.54 Å². The molecule has 1 saturated heterocycles. The maximum absolute atomic E-state index is 9.96. The summed E-state index contributed by atoms with van der Waals surface area (Å²) in [7, 11) is 0. The van der Waals surface area contributed by atoms with Gasteiger partial charge in [-0.05, 0) is 30.4 Å². The molecule has 2 aromatic rings. The van der Waals surface area contributed by atoms with Gasteiger partial charge in [-0.15, -0.1) is 0 Å². The number of benzene rings is 1. The van der Waals surface area contributed by atoms with Gasteiger partial charge in [-0.1, -0.05) is 12.1 Å². The van der Waals surface area contributed by atoms with Gasteiger partial charge in [-0.25, -0.2) is 0 Å². The second kappa shape index (κ2) is 4.32. The van der Waals surface area contributed by atoms with Crippen molar-refractivity contribution in [2.24, 2.45) is 11.8 Å². The van der Waals surface area contributed by atoms with Gasteiger partial charge in [0.05, 0.1) is 17.8 Å². The van der Waals surface area contributed by atoms with E-state index in [1.54, 1.807) is 0 Å². The molecular formula is C15H19N3O. The van der Waals surface area contributed by atoms with Crippen molar-refractivity contribution >= 4 is 10.9 Å². The minimum atomic E-state index is -0.0647. The van der Waals surface area contributed by atoms with Crippen LogP contribution in [0.3, 0.4) is 0 Å². The fraction of sp³-hybridized carbons (Fsp3) is 0.533. The van der Waals surface area contributed by atoms with Gasteiger partial charge in [0.1, 0.15) is 0 Å². The monoisotopic (exact) mass is 257 g/mol. The minimum absolute atomic E-state index is 0.0647. The molecule has 2 aliphatic rings. The molecule has 0 bridgehead atoms. The van der Waals surface area contributed by atoms with Crippen LogP contribution in [0.5, 0.6) is 0 Å². The summed E-state index contributed by atoms with van der Waals surface area (Å²) in [5.74, 6) is 1.22. The van der Waals surface area contributed by atoms with Crippen LogP contribution in [-0.4, -0.2) is 39.4 Å². The molecule has 2 heterocycles. The van der Waals surface area contributed by atoms with Crippen molar-refractivity contribution in [1.82, 2.24) is 15.1 Å². The number of hydrogen-bond acceptors (Lipinski definition) is 3. The van der Waals surface area contributed by atoms with Crippen LogP contribution < -0.4 is 0 Å². The lowest BCUT2D eigenvalue weighted by Gasteiger charge is -2.18. The van der Waals surface area contributed by atoms with Gasteiger partial charge in [0.15, 0.2) is 0 Å². The van der Waals surface area contributed by atoms with Crippen LogP contribution in [0, 0.1) is 11.8 Å². The normalized spacial score (nSPS) is 31.1. The lowest BCUT2D eigenvalue weighted by atomic mass is 10.00. The van der Waals surface area contributed by atoms with Crippen LogP contribution in [0.1, 0.15) is 18.4 Å². The molecule has 19 heavy (non-hydrogen) atoms. The topological polar surface area (TPSA) is 52.1 Å². The zero-order chi connectivity index (χ0) is 12.8. The van der Waals surface area contributed by atoms with Gasteiger partial charge in [0.2, 0.25) is 0 Å². The number of nitrogens with one attached hydrogen (secondary N) is 1. The van der Waals surface area contributed by atoms with Crippen molar-refractivity contribution in [3.05, 3.63) is 30.0 Å². The molecule has 4 heteroatoms. The Labute approximate surface area is 112 Å². The van der Waals surface area contributed by atoms with Gasteiger partial charge in [-0.2, -0.15) is 5.10 Å². The SMILES string of the molecule is OC1CCC2CN(Cc3ccc4cn[nH]c4c3)CC12. The molecule has 2 fully saturated rings. The average Bonchev–Trinajstić information content (AvgIpc) is 3.07. The summed E-state index contributed by atoms with van der Waals surface area (Å²) in [6.07, 6.45) is 3.99. The average molecular weight is 257 g/mol. The third kappa shape index (κ3) is 1.95. The van der Waals surface area contributed by atoms with Gasteiger partial charge in [0, 0.05) is 30.9 Å². The number of aromatic nitrogens is 2. The molecule has 4 nitrogen and oxygen atoms in total. The summed E-state index contributed by atoms with van der Waals surface area (Å²) >= 11 is 0. The predicted molar refractivity (Wildman–Crippen MR) is 73.6 cm³/mol. The highest BCUT2D eigenvalue weighted by Crippen LogP contribution is 2.38. The number of hydrogen-bond donors (Lipinski definition) is 2. The molecular weight excluding hydrogens is 238 g/mol. The van der Waals surface area contributed by atoms with Crippen molar-refractivity contribution < 1.29 is 5.11 Å². The maximum atomic E-state index is 9.96. The first kappa shape index (κ1) is 11.4. The third-order valence-electron chi connectivity index (χ3n) is 4.81. The molecule has 100 valence electrons. The quantitative estimate of drug-likeness (QED) is 0.862. The lowest BCUT2D eigenvalue weighted by Crippen LogP contribution is -2.24. The van der Waals surface area contributed by atoms with E-state index in [1.807, 2.05) is 6.20 Å². The largest absolute Gasteiger partial charge is 0.393 e. The second-order valence-electron chi connectivity index (χ2n) is 6.05. The highest BCUT2D eigenvalue weighted by atomic mass is 16.3. The van der Waals surface area contributed by atoms with Crippen LogP contribution >= 0.6 is 0 Å². The van der Waals surface area contributed by atoms with Gasteiger partial charge >= 0.3 is 0 Å². The fourth-order valence-electron chi connectivity index (χ4n) is 3.80. The summed E-state index contributed by atoms with van der Waals surface area (Å²) in [5.41, 5.74) is 2.43. The van der Waals surface area contributed by atoms with Crippen LogP contribution in [0.25, 0.3) is 10.9 Å². The standard InChI is InChI=1S/C15H19N3O/c19-15-4-3-12-8-18(9-13(12)15)7-10-1-2-11-6-16-17-14(11)5-10/h1-2,5-6,12-13,15,19H,3-4,7-9H2,(H,16,17). The maximum Gasteiger partial charge on any atom is 0.0653 e. The Bertz CT molecular complexity index is 594. The zero-order valence-corrected chi connectivity index (χ0v) is 10.9. The van der Waals surface area contributed by atoms with E-state index in [4.69, 9.17) is 0 Å². The van der Waals surface area contributed by atoms with Crippen LogP contribution in [0.4, 0.5) is 0 Å². The summed E-state index contributed by atoms with van der Waals surface area (Å²) in [6.45, 7) is 3.17. The van der Waals surface area contributed by atoms with Crippen LogP contribution in [0.2, 0.25) is 0 Å². The van der Waals surface area contributed by atoms with Crippen molar-refractivity contribution in [2.75, 3.05) is 13.1 Å². The smallest absolute Gasteiger partial charge is 0.0653 e. The van der Waals surface area contributed by atoms with E-state index < -0.39 is 0 Å². The van der Waals surface area contributed by atoms with Crippen molar-refractivity contribution in [2.45, 2.75) is 25.5 Å². The second-order valence-corrected chi connectivity index (χ2v) is 6.05. The number of H-pyrrole nitrogens is 1. The minimum Gasteiger partial charge on any atom is -0.393 e. The Morgan fingerprint density at radius 3 is 3.16 bits per heavy atom. The number of rotatable bonds is 2. The molecule has 3 atom stereocenters. The molecule has 2 N–H and O–H groups in total. The number of nitrogens with zero attached hydrogens (tertiary/aromatic N) is 2. The van der Waals surface area contributed by atoms with E-state index in [2.05, 4.69) is 33.3 Å². The Morgan fingerprint density at radius 2 is 2.26 bits per heavy atom. The highest BCUT2D eigenvalue weighted by Gasteiger charge is 2.41. The van der Waals surface area contributed by atoms with E-state index in [0.717, 1.165) is 37.0 Å². The molecule has 0 amide bonds. The number of aliphatic hydroxyl groups excluding tert-OH is 1. The number of fused-ring (bicyclic) bond motifs is 2. The highest BCUT2D eigenvalue weighted by molar-refractivity contribution is 5.78. The molecule has 3 unspecified atom stereocenters. The zero-order valence-electron chi connectivity index (χ0n) is 10.9. The number of aliphatic hydroxyl groups is 1. The Hall–Kier alpha value is -1.39. The van der Waals surface area contributed by atoms with E-state index in [9.17, 15) is 5.11 Å². The molecule has 0 radical (unpaired) electrons. The number of aromatic amines is 1. The fourth-order valence-corrected chi connectivity index (χ4v) is 3.80. The number of likely N-dealkylation sites (tertiary alicyclic amines) is 1. The molecule has 1 aromatic heterocycles. The van der Waals surface area contributed by atoms with Crippen LogP contribution in [0.15, 0.2) is 24.4 Å². The first-order valence-electron chi connectivity index (χ1n) is 7.12. The summed E-state index contributed by atoms with van der Waals surface area (Å²) in [4.78, 5) is 2.48. The summed E-state index contributed by atoms with van der Waals surface area (Å²) in [5, 5.41) is 18.2. The van der Waals surface area contributed by atoms with Gasteiger partial charge < -0.3 is 5.11 Å².